The minimum Gasteiger partial charge on any atom is -0.356 e. The number of nitrogens with one attached hydrogen (secondary N) is 1. The van der Waals surface area contributed by atoms with Gasteiger partial charge in [-0.05, 0) is 18.8 Å². The molecule has 0 spiro atoms. The lowest BCUT2D eigenvalue weighted by molar-refractivity contribution is -0.121. The Morgan fingerprint density at radius 2 is 2.41 bits per heavy atom. The Kier molecular flexibility index (Phi) is 3.73. The van der Waals surface area contributed by atoms with Crippen LogP contribution in [0.1, 0.15) is 31.0 Å². The van der Waals surface area contributed by atoms with Crippen molar-refractivity contribution in [3.8, 4) is 0 Å². The third kappa shape index (κ3) is 3.81. The van der Waals surface area contributed by atoms with Crippen molar-refractivity contribution >= 4 is 5.91 Å². The zero-order valence-corrected chi connectivity index (χ0v) is 9.98. The second-order valence-corrected chi connectivity index (χ2v) is 4.53. The number of aromatic nitrogens is 2. The second-order valence-electron chi connectivity index (χ2n) is 4.53. The number of rotatable bonds is 6. The summed E-state index contributed by atoms with van der Waals surface area (Å²) < 4.78 is 4.83. The molecule has 0 aromatic carbocycles. The van der Waals surface area contributed by atoms with E-state index in [2.05, 4.69) is 15.5 Å². The quantitative estimate of drug-likeness (QED) is 0.736. The summed E-state index contributed by atoms with van der Waals surface area (Å²) in [6.07, 6.45) is 3.32. The Balaban J connectivity index is 1.62. The van der Waals surface area contributed by atoms with Gasteiger partial charge in [0.05, 0.1) is 0 Å². The van der Waals surface area contributed by atoms with Crippen molar-refractivity contribution in [2.45, 2.75) is 38.6 Å². The second kappa shape index (κ2) is 5.27. The van der Waals surface area contributed by atoms with Gasteiger partial charge in [0, 0.05) is 32.4 Å². The topological polar surface area (TPSA) is 94.0 Å². The number of hydrogen-bond acceptors (Lipinski definition) is 5. The maximum Gasteiger partial charge on any atom is 0.223 e. The van der Waals surface area contributed by atoms with Crippen LogP contribution >= 0.6 is 0 Å². The summed E-state index contributed by atoms with van der Waals surface area (Å²) in [4.78, 5) is 15.6. The molecule has 1 aromatic rings. The smallest absolute Gasteiger partial charge is 0.223 e. The molecule has 3 N–H and O–H groups in total. The molecule has 1 amide bonds. The average Bonchev–Trinajstić information content (AvgIpc) is 3.04. The van der Waals surface area contributed by atoms with Crippen molar-refractivity contribution in [1.82, 2.24) is 15.5 Å². The van der Waals surface area contributed by atoms with E-state index in [9.17, 15) is 4.79 Å². The summed E-state index contributed by atoms with van der Waals surface area (Å²) in [7, 11) is 0. The number of amides is 1. The summed E-state index contributed by atoms with van der Waals surface area (Å²) in [5.74, 6) is 1.72. The van der Waals surface area contributed by atoms with E-state index in [1.54, 1.807) is 6.92 Å². The molecule has 1 aliphatic rings. The van der Waals surface area contributed by atoms with Crippen molar-refractivity contribution in [3.63, 3.8) is 0 Å². The van der Waals surface area contributed by atoms with E-state index in [1.807, 2.05) is 0 Å². The van der Waals surface area contributed by atoms with Gasteiger partial charge in [0.1, 0.15) is 0 Å². The Bertz CT molecular complexity index is 387. The van der Waals surface area contributed by atoms with Gasteiger partial charge in [-0.25, -0.2) is 0 Å². The van der Waals surface area contributed by atoms with Crippen LogP contribution in [0.4, 0.5) is 0 Å². The highest BCUT2D eigenvalue weighted by Crippen LogP contribution is 2.32. The minimum absolute atomic E-state index is 0.00427. The van der Waals surface area contributed by atoms with Crippen molar-refractivity contribution in [3.05, 3.63) is 11.7 Å². The van der Waals surface area contributed by atoms with Gasteiger partial charge in [0.25, 0.3) is 0 Å². The SMILES string of the molecule is Cc1nc(CCNC(=O)CC(N)C2CC2)no1. The molecular formula is C11H18N4O2. The number of nitrogens with two attached hydrogens (primary N) is 1. The molecule has 1 aromatic heterocycles. The lowest BCUT2D eigenvalue weighted by Gasteiger charge is -2.09. The molecule has 1 atom stereocenters. The van der Waals surface area contributed by atoms with Crippen LogP contribution in [0.15, 0.2) is 4.52 Å². The predicted molar refractivity (Wildman–Crippen MR) is 61.1 cm³/mol. The fourth-order valence-corrected chi connectivity index (χ4v) is 1.73. The number of carbonyl (C=O) groups excluding carboxylic acids is 1. The van der Waals surface area contributed by atoms with Crippen LogP contribution in [0.5, 0.6) is 0 Å². The molecule has 1 unspecified atom stereocenters. The van der Waals surface area contributed by atoms with E-state index in [1.165, 1.54) is 0 Å². The lowest BCUT2D eigenvalue weighted by Crippen LogP contribution is -2.34. The predicted octanol–water partition coefficient (Wildman–Crippen LogP) is 0.164. The third-order valence-electron chi connectivity index (χ3n) is 2.89. The van der Waals surface area contributed by atoms with Gasteiger partial charge >= 0.3 is 0 Å². The van der Waals surface area contributed by atoms with Gasteiger partial charge in [0.2, 0.25) is 11.8 Å². The number of hydrogen-bond donors (Lipinski definition) is 2. The highest BCUT2D eigenvalue weighted by atomic mass is 16.5. The van der Waals surface area contributed by atoms with Gasteiger partial charge < -0.3 is 15.6 Å². The van der Waals surface area contributed by atoms with E-state index in [4.69, 9.17) is 10.3 Å². The summed E-state index contributed by atoms with van der Waals surface area (Å²) in [6, 6.07) is 0.0161. The van der Waals surface area contributed by atoms with Gasteiger partial charge in [0.15, 0.2) is 5.82 Å². The minimum atomic E-state index is 0.00427. The van der Waals surface area contributed by atoms with Crippen LogP contribution in [0.3, 0.4) is 0 Å². The molecule has 6 nitrogen and oxygen atoms in total. The summed E-state index contributed by atoms with van der Waals surface area (Å²) >= 11 is 0. The first-order chi connectivity index (χ1) is 8.15. The third-order valence-corrected chi connectivity index (χ3v) is 2.89. The number of carbonyl (C=O) groups is 1. The highest BCUT2D eigenvalue weighted by Gasteiger charge is 2.29. The Morgan fingerprint density at radius 3 is 3.00 bits per heavy atom. The molecule has 2 rings (SSSR count). The van der Waals surface area contributed by atoms with Gasteiger partial charge in [-0.3, -0.25) is 4.79 Å². The number of nitrogens with zero attached hydrogens (tertiary/aromatic N) is 2. The van der Waals surface area contributed by atoms with E-state index in [0.29, 0.717) is 37.0 Å². The fourth-order valence-electron chi connectivity index (χ4n) is 1.73. The lowest BCUT2D eigenvalue weighted by atomic mass is 10.1. The molecule has 17 heavy (non-hydrogen) atoms. The van der Waals surface area contributed by atoms with Crippen molar-refractivity contribution < 1.29 is 9.32 Å². The van der Waals surface area contributed by atoms with Crippen LogP contribution in [0, 0.1) is 12.8 Å². The Hall–Kier alpha value is -1.43. The van der Waals surface area contributed by atoms with Crippen LogP contribution in [-0.4, -0.2) is 28.6 Å². The van der Waals surface area contributed by atoms with Crippen LogP contribution in [-0.2, 0) is 11.2 Å². The van der Waals surface area contributed by atoms with Gasteiger partial charge in [-0.1, -0.05) is 5.16 Å². The molecular weight excluding hydrogens is 220 g/mol. The molecule has 0 radical (unpaired) electrons. The summed E-state index contributed by atoms with van der Waals surface area (Å²) in [5.41, 5.74) is 5.87. The molecule has 0 saturated heterocycles. The van der Waals surface area contributed by atoms with Gasteiger partial charge in [-0.15, -0.1) is 0 Å². The maximum absolute atomic E-state index is 11.5. The maximum atomic E-state index is 11.5. The molecule has 0 bridgehead atoms. The average molecular weight is 238 g/mol. The van der Waals surface area contributed by atoms with E-state index in [-0.39, 0.29) is 11.9 Å². The van der Waals surface area contributed by atoms with E-state index < -0.39 is 0 Å². The van der Waals surface area contributed by atoms with Crippen molar-refractivity contribution in [2.75, 3.05) is 6.54 Å². The molecule has 0 aliphatic heterocycles. The van der Waals surface area contributed by atoms with Crippen LogP contribution in [0.25, 0.3) is 0 Å². The summed E-state index contributed by atoms with van der Waals surface area (Å²) in [6.45, 7) is 2.26. The Morgan fingerprint density at radius 1 is 1.65 bits per heavy atom. The largest absolute Gasteiger partial charge is 0.356 e. The van der Waals surface area contributed by atoms with E-state index >= 15 is 0 Å². The summed E-state index contributed by atoms with van der Waals surface area (Å²) in [5, 5.41) is 6.56. The zero-order chi connectivity index (χ0) is 12.3. The van der Waals surface area contributed by atoms with Crippen molar-refractivity contribution in [2.24, 2.45) is 11.7 Å². The normalized spacial score (nSPS) is 16.8. The molecule has 1 saturated carbocycles. The first-order valence-electron chi connectivity index (χ1n) is 5.96. The fraction of sp³-hybridized carbons (Fsp3) is 0.727. The van der Waals surface area contributed by atoms with Crippen LogP contribution in [0.2, 0.25) is 0 Å². The van der Waals surface area contributed by atoms with E-state index in [0.717, 1.165) is 12.8 Å². The first kappa shape index (κ1) is 12.0. The van der Waals surface area contributed by atoms with Crippen LogP contribution < -0.4 is 11.1 Å². The first-order valence-corrected chi connectivity index (χ1v) is 5.96. The standard InChI is InChI=1S/C11H18N4O2/c1-7-14-10(15-17-7)4-5-13-11(16)6-9(12)8-2-3-8/h8-9H,2-6,12H2,1H3,(H,13,16). The highest BCUT2D eigenvalue weighted by molar-refractivity contribution is 5.76. The Labute approximate surface area is 99.9 Å². The monoisotopic (exact) mass is 238 g/mol. The number of aryl methyl sites for hydroxylation is 1. The van der Waals surface area contributed by atoms with Gasteiger partial charge in [-0.2, -0.15) is 4.98 Å². The molecule has 94 valence electrons. The van der Waals surface area contributed by atoms with Crippen molar-refractivity contribution in [1.29, 1.82) is 0 Å². The molecule has 1 heterocycles. The molecule has 1 aliphatic carbocycles. The molecule has 6 heteroatoms. The zero-order valence-electron chi connectivity index (χ0n) is 9.98. The molecule has 1 fully saturated rings.